The van der Waals surface area contributed by atoms with Gasteiger partial charge in [-0.2, -0.15) is 13.2 Å². The van der Waals surface area contributed by atoms with Crippen LogP contribution in [-0.4, -0.2) is 11.7 Å². The summed E-state index contributed by atoms with van der Waals surface area (Å²) in [5, 5.41) is 0.901. The maximum absolute atomic E-state index is 13.0. The molecule has 0 saturated heterocycles. The highest BCUT2D eigenvalue weighted by atomic mass is 32.2. The maximum atomic E-state index is 13.0. The summed E-state index contributed by atoms with van der Waals surface area (Å²) in [6, 6.07) is 9.78. The fourth-order valence-corrected chi connectivity index (χ4v) is 5.66. The molecule has 0 aliphatic heterocycles. The number of thiophene rings is 1. The number of rotatable bonds is 10. The summed E-state index contributed by atoms with van der Waals surface area (Å²) < 4.78 is 39.7. The van der Waals surface area contributed by atoms with E-state index < -0.39 is 11.7 Å². The van der Waals surface area contributed by atoms with E-state index in [1.165, 1.54) is 17.4 Å². The molecule has 0 aliphatic rings. The monoisotopic (exact) mass is 496 g/mol. The van der Waals surface area contributed by atoms with Crippen molar-refractivity contribution in [2.75, 3.05) is 5.75 Å². The van der Waals surface area contributed by atoms with Crippen molar-refractivity contribution in [1.29, 1.82) is 0 Å². The first-order chi connectivity index (χ1) is 15.7. The van der Waals surface area contributed by atoms with Gasteiger partial charge < -0.3 is 0 Å². The van der Waals surface area contributed by atoms with E-state index in [2.05, 4.69) is 0 Å². The third kappa shape index (κ3) is 6.67. The first-order valence-electron chi connectivity index (χ1n) is 10.9. The number of hydrogen-bond donors (Lipinski definition) is 0. The summed E-state index contributed by atoms with van der Waals surface area (Å²) in [7, 11) is 0. The highest BCUT2D eigenvalue weighted by Gasteiger charge is 2.30. The molecule has 0 bridgehead atoms. The number of thioether (sulfide) groups is 1. The van der Waals surface area contributed by atoms with Gasteiger partial charge in [-0.3, -0.25) is 9.78 Å². The number of alkyl halides is 3. The predicted octanol–water partition coefficient (Wildman–Crippen LogP) is 8.15. The molecular formula is C25H27F3O3S2. The Balaban J connectivity index is 1.56. The highest BCUT2D eigenvalue weighted by Crippen LogP contribution is 2.37. The average Bonchev–Trinajstić information content (AvgIpc) is 3.10. The molecule has 0 radical (unpaired) electrons. The van der Waals surface area contributed by atoms with Gasteiger partial charge in [0.25, 0.3) is 0 Å². The zero-order valence-corrected chi connectivity index (χ0v) is 20.5. The van der Waals surface area contributed by atoms with E-state index in [1.807, 2.05) is 39.0 Å². The molecule has 0 fully saturated rings. The van der Waals surface area contributed by atoms with E-state index in [0.717, 1.165) is 57.4 Å². The third-order valence-corrected chi connectivity index (χ3v) is 7.67. The number of hydrogen-bond acceptors (Lipinski definition) is 5. The van der Waals surface area contributed by atoms with Crippen molar-refractivity contribution >= 4 is 39.2 Å². The lowest BCUT2D eigenvalue weighted by Gasteiger charge is -2.10. The minimum atomic E-state index is -4.32. The Morgan fingerprint density at radius 1 is 1.12 bits per heavy atom. The van der Waals surface area contributed by atoms with Gasteiger partial charge in [0, 0.05) is 26.5 Å². The molecule has 1 aromatic heterocycles. The quantitative estimate of drug-likeness (QED) is 0.123. The van der Waals surface area contributed by atoms with E-state index in [-0.39, 0.29) is 5.97 Å². The van der Waals surface area contributed by atoms with Gasteiger partial charge >= 0.3 is 12.1 Å². The van der Waals surface area contributed by atoms with Crippen molar-refractivity contribution in [1.82, 2.24) is 0 Å². The second-order valence-corrected chi connectivity index (χ2v) is 10.0. The van der Waals surface area contributed by atoms with Crippen LogP contribution in [0.4, 0.5) is 13.2 Å². The van der Waals surface area contributed by atoms with Crippen LogP contribution in [-0.2, 0) is 28.7 Å². The number of carbonyl (C=O) groups is 1. The molecule has 0 unspecified atom stereocenters. The molecule has 0 amide bonds. The summed E-state index contributed by atoms with van der Waals surface area (Å²) in [5.74, 6) is 1.05. The van der Waals surface area contributed by atoms with Crippen LogP contribution in [0.1, 0.15) is 54.7 Å². The van der Waals surface area contributed by atoms with Gasteiger partial charge in [0.05, 0.1) is 5.56 Å². The zero-order chi connectivity index (χ0) is 24.0. The molecule has 0 atom stereocenters. The van der Waals surface area contributed by atoms with Gasteiger partial charge in [-0.1, -0.05) is 19.9 Å². The van der Waals surface area contributed by atoms with E-state index >= 15 is 0 Å². The van der Waals surface area contributed by atoms with Crippen molar-refractivity contribution in [3.63, 3.8) is 0 Å². The van der Waals surface area contributed by atoms with Crippen molar-refractivity contribution in [3.05, 3.63) is 58.0 Å². The van der Waals surface area contributed by atoms with Gasteiger partial charge in [0.15, 0.2) is 5.75 Å². The molecule has 8 heteroatoms. The minimum Gasteiger partial charge on any atom is -0.287 e. The van der Waals surface area contributed by atoms with Crippen LogP contribution in [0.3, 0.4) is 0 Å². The molecule has 3 nitrogen and oxygen atoms in total. The third-order valence-electron chi connectivity index (χ3n) is 5.27. The SMILES string of the molecule is CCCC(=O)OOc1ccc(SCCCc2sc3cc(C(F)(F)F)ccc3c2C)cc1CC. The largest absolute Gasteiger partial charge is 0.416 e. The number of aryl methyl sites for hydroxylation is 3. The average molecular weight is 497 g/mol. The first-order valence-corrected chi connectivity index (χ1v) is 12.8. The van der Waals surface area contributed by atoms with E-state index in [9.17, 15) is 18.0 Å². The minimum absolute atomic E-state index is 0.318. The zero-order valence-electron chi connectivity index (χ0n) is 18.9. The van der Waals surface area contributed by atoms with Crippen LogP contribution in [0.2, 0.25) is 0 Å². The van der Waals surface area contributed by atoms with Gasteiger partial charge in [-0.25, -0.2) is 4.79 Å². The molecule has 33 heavy (non-hydrogen) atoms. The molecule has 178 valence electrons. The first kappa shape index (κ1) is 25.4. The van der Waals surface area contributed by atoms with E-state index in [1.54, 1.807) is 17.8 Å². The fraction of sp³-hybridized carbons (Fsp3) is 0.400. The van der Waals surface area contributed by atoms with Gasteiger partial charge in [0.1, 0.15) is 0 Å². The van der Waals surface area contributed by atoms with E-state index in [4.69, 9.17) is 9.78 Å². The number of benzene rings is 2. The molecule has 0 saturated carbocycles. The summed E-state index contributed by atoms with van der Waals surface area (Å²) >= 11 is 3.17. The Hall–Kier alpha value is -2.19. The number of fused-ring (bicyclic) bond motifs is 1. The van der Waals surface area contributed by atoms with Gasteiger partial charge in [-0.15, -0.1) is 23.1 Å². The molecule has 3 aromatic rings. The predicted molar refractivity (Wildman–Crippen MR) is 128 cm³/mol. The smallest absolute Gasteiger partial charge is 0.287 e. The lowest BCUT2D eigenvalue weighted by Crippen LogP contribution is -2.08. The molecule has 0 N–H and O–H groups in total. The van der Waals surface area contributed by atoms with Crippen molar-refractivity contribution in [2.45, 2.75) is 63.9 Å². The Kier molecular flexibility index (Phi) is 8.70. The van der Waals surface area contributed by atoms with Crippen molar-refractivity contribution in [3.8, 4) is 5.75 Å². The lowest BCUT2D eigenvalue weighted by atomic mass is 10.1. The summed E-state index contributed by atoms with van der Waals surface area (Å²) in [6.07, 6.45) is -0.812. The van der Waals surface area contributed by atoms with Gasteiger partial charge in [-0.05, 0) is 79.6 Å². The second-order valence-electron chi connectivity index (χ2n) is 7.72. The van der Waals surface area contributed by atoms with Gasteiger partial charge in [0.2, 0.25) is 0 Å². The molecule has 0 aliphatic carbocycles. The van der Waals surface area contributed by atoms with Crippen LogP contribution in [0.15, 0.2) is 41.3 Å². The van der Waals surface area contributed by atoms with Crippen LogP contribution < -0.4 is 4.89 Å². The lowest BCUT2D eigenvalue weighted by molar-refractivity contribution is -0.214. The Bertz CT molecular complexity index is 1110. The second kappa shape index (κ2) is 11.3. The topological polar surface area (TPSA) is 35.5 Å². The van der Waals surface area contributed by atoms with E-state index in [0.29, 0.717) is 23.3 Å². The van der Waals surface area contributed by atoms with Crippen molar-refractivity contribution < 1.29 is 27.7 Å². The van der Waals surface area contributed by atoms with Crippen molar-refractivity contribution in [2.24, 2.45) is 0 Å². The molecule has 0 spiro atoms. The molecular weight excluding hydrogens is 469 g/mol. The molecule has 2 aromatic carbocycles. The standard InChI is InChI=1S/C25H27F3O3S2/c1-4-7-24(29)31-30-21-12-10-19(14-17(21)5-2)32-13-6-8-22-16(3)20-11-9-18(25(26,27)28)15-23(20)33-22/h9-12,14-15H,4-8,13H2,1-3H3. The summed E-state index contributed by atoms with van der Waals surface area (Å²) in [6.45, 7) is 5.89. The Morgan fingerprint density at radius 2 is 1.91 bits per heavy atom. The molecule has 1 heterocycles. The van der Waals surface area contributed by atoms with Crippen LogP contribution >= 0.6 is 23.1 Å². The normalized spacial score (nSPS) is 11.7. The van der Waals surface area contributed by atoms with Crippen LogP contribution in [0.5, 0.6) is 5.75 Å². The number of halogens is 3. The summed E-state index contributed by atoms with van der Waals surface area (Å²) in [4.78, 5) is 23.8. The number of carbonyl (C=O) groups excluding carboxylic acids is 1. The molecule has 3 rings (SSSR count). The maximum Gasteiger partial charge on any atom is 0.416 e. The Labute approximate surface area is 200 Å². The Morgan fingerprint density at radius 3 is 2.61 bits per heavy atom. The fourth-order valence-electron chi connectivity index (χ4n) is 3.45. The van der Waals surface area contributed by atoms with Crippen LogP contribution in [0, 0.1) is 6.92 Å². The summed E-state index contributed by atoms with van der Waals surface area (Å²) in [5.41, 5.74) is 1.43. The highest BCUT2D eigenvalue weighted by molar-refractivity contribution is 7.99. The van der Waals surface area contributed by atoms with Crippen LogP contribution in [0.25, 0.3) is 10.1 Å².